The molecule has 2 bridgehead atoms. The molecule has 4 aliphatic rings. The summed E-state index contributed by atoms with van der Waals surface area (Å²) in [6, 6.07) is 4.06. The number of ether oxygens (including phenoxy) is 1. The Kier molecular flexibility index (Phi) is 5.56. The molecular weight excluding hydrogens is 451 g/mol. The molecule has 3 saturated carbocycles. The molecule has 10 heteroatoms. The van der Waals surface area contributed by atoms with Gasteiger partial charge in [0.2, 0.25) is 0 Å². The fourth-order valence-corrected chi connectivity index (χ4v) is 5.51. The number of aryl methyl sites for hydroxylation is 1. The molecule has 1 aromatic carbocycles. The number of benzene rings is 1. The van der Waals surface area contributed by atoms with E-state index in [9.17, 15) is 14.0 Å². The van der Waals surface area contributed by atoms with Crippen LogP contribution >= 0.6 is 11.6 Å². The minimum absolute atomic E-state index is 0.00321. The summed E-state index contributed by atoms with van der Waals surface area (Å²) >= 11 is 5.65. The number of amides is 2. The van der Waals surface area contributed by atoms with Gasteiger partial charge in [-0.3, -0.25) is 9.59 Å². The van der Waals surface area contributed by atoms with Gasteiger partial charge >= 0.3 is 0 Å². The Morgan fingerprint density at radius 3 is 2.73 bits per heavy atom. The van der Waals surface area contributed by atoms with Crippen molar-refractivity contribution >= 4 is 23.4 Å². The molecule has 1 aliphatic heterocycles. The van der Waals surface area contributed by atoms with E-state index in [2.05, 4.69) is 21.1 Å². The van der Waals surface area contributed by atoms with E-state index in [0.29, 0.717) is 36.3 Å². The second-order valence-electron chi connectivity index (χ2n) is 9.46. The van der Waals surface area contributed by atoms with E-state index in [-0.39, 0.29) is 46.3 Å². The Hall–Kier alpha value is -2.65. The number of hydrogen-bond donors (Lipinski definition) is 3. The second-order valence-corrected chi connectivity index (χ2v) is 9.87. The first-order valence-electron chi connectivity index (χ1n) is 11.2. The summed E-state index contributed by atoms with van der Waals surface area (Å²) in [5.74, 6) is -0.312. The molecule has 3 aliphatic carbocycles. The van der Waals surface area contributed by atoms with Crippen LogP contribution in [0.3, 0.4) is 0 Å². The molecule has 0 spiro atoms. The molecule has 2 amide bonds. The van der Waals surface area contributed by atoms with Crippen molar-refractivity contribution < 1.29 is 23.2 Å². The standard InChI is InChI=1S/C23H26ClFN4O4/c1-13-19(20(29-33-13)17-4-2-3-7-26-17)21(31)28-23-10-22(11-23,12-23)27-18(30)9-32-14-5-6-15(24)16(25)8-14/h5-6,8,17,26H,2-4,7,9-12H2,1H3,(H,27,30)(H,28,31). The van der Waals surface area contributed by atoms with Crippen LogP contribution in [0.15, 0.2) is 22.7 Å². The van der Waals surface area contributed by atoms with E-state index >= 15 is 0 Å². The molecule has 1 aromatic heterocycles. The van der Waals surface area contributed by atoms with Gasteiger partial charge in [-0.25, -0.2) is 4.39 Å². The van der Waals surface area contributed by atoms with E-state index in [0.717, 1.165) is 31.9 Å². The van der Waals surface area contributed by atoms with Crippen molar-refractivity contribution in [1.82, 2.24) is 21.1 Å². The summed E-state index contributed by atoms with van der Waals surface area (Å²) in [6.45, 7) is 2.44. The van der Waals surface area contributed by atoms with Gasteiger partial charge in [-0.15, -0.1) is 0 Å². The first-order chi connectivity index (χ1) is 15.8. The van der Waals surface area contributed by atoms with E-state index in [1.54, 1.807) is 6.92 Å². The SMILES string of the molecule is Cc1onc(C2CCCCN2)c1C(=O)NC12CC(NC(=O)COc3ccc(Cl)c(F)c3)(C1)C2. The summed E-state index contributed by atoms with van der Waals surface area (Å²) in [7, 11) is 0. The average molecular weight is 477 g/mol. The number of aromatic nitrogens is 1. The summed E-state index contributed by atoms with van der Waals surface area (Å²) < 4.78 is 24.2. The minimum Gasteiger partial charge on any atom is -0.484 e. The lowest BCUT2D eigenvalue weighted by atomic mass is 9.44. The Morgan fingerprint density at radius 1 is 1.27 bits per heavy atom. The Labute approximate surface area is 195 Å². The molecule has 1 atom stereocenters. The maximum Gasteiger partial charge on any atom is 0.258 e. The topological polar surface area (TPSA) is 105 Å². The maximum absolute atomic E-state index is 13.5. The summed E-state index contributed by atoms with van der Waals surface area (Å²) in [6.07, 6.45) is 5.12. The zero-order valence-corrected chi connectivity index (χ0v) is 19.1. The van der Waals surface area contributed by atoms with Crippen molar-refractivity contribution in [2.45, 2.75) is 62.6 Å². The van der Waals surface area contributed by atoms with E-state index in [1.807, 2.05) is 0 Å². The third-order valence-electron chi connectivity index (χ3n) is 6.83. The van der Waals surface area contributed by atoms with Crippen LogP contribution in [-0.2, 0) is 4.79 Å². The van der Waals surface area contributed by atoms with Crippen LogP contribution in [0.25, 0.3) is 0 Å². The lowest BCUT2D eigenvalue weighted by Gasteiger charge is -2.70. The predicted octanol–water partition coefficient (Wildman–Crippen LogP) is 3.19. The summed E-state index contributed by atoms with van der Waals surface area (Å²) in [5, 5.41) is 13.7. The van der Waals surface area contributed by atoms with Crippen molar-refractivity contribution in [2.24, 2.45) is 0 Å². The number of carbonyl (C=O) groups excluding carboxylic acids is 2. The number of carbonyl (C=O) groups is 2. The molecule has 0 radical (unpaired) electrons. The number of nitrogens with zero attached hydrogens (tertiary/aromatic N) is 1. The van der Waals surface area contributed by atoms with Gasteiger partial charge in [-0.2, -0.15) is 0 Å². The van der Waals surface area contributed by atoms with Crippen LogP contribution in [0, 0.1) is 12.7 Å². The first kappa shape index (κ1) is 22.2. The molecule has 3 N–H and O–H groups in total. The van der Waals surface area contributed by atoms with Crippen molar-refractivity contribution in [1.29, 1.82) is 0 Å². The predicted molar refractivity (Wildman–Crippen MR) is 118 cm³/mol. The van der Waals surface area contributed by atoms with Gasteiger partial charge in [0.15, 0.2) is 6.61 Å². The highest BCUT2D eigenvalue weighted by Gasteiger charge is 2.69. The number of nitrogens with one attached hydrogen (secondary N) is 3. The fourth-order valence-electron chi connectivity index (χ4n) is 5.39. The highest BCUT2D eigenvalue weighted by Crippen LogP contribution is 2.60. The minimum atomic E-state index is -0.600. The second kappa shape index (κ2) is 8.29. The molecular formula is C23H26ClFN4O4. The van der Waals surface area contributed by atoms with Gasteiger partial charge < -0.3 is 25.2 Å². The smallest absolute Gasteiger partial charge is 0.258 e. The molecule has 176 valence electrons. The van der Waals surface area contributed by atoms with Gasteiger partial charge in [0.1, 0.15) is 28.6 Å². The lowest BCUT2D eigenvalue weighted by molar-refractivity contribution is -0.141. The Bertz CT molecular complexity index is 1080. The largest absolute Gasteiger partial charge is 0.484 e. The van der Waals surface area contributed by atoms with Gasteiger partial charge in [0, 0.05) is 17.1 Å². The van der Waals surface area contributed by atoms with Gasteiger partial charge in [0.25, 0.3) is 11.8 Å². The highest BCUT2D eigenvalue weighted by molar-refractivity contribution is 6.30. The molecule has 2 heterocycles. The summed E-state index contributed by atoms with van der Waals surface area (Å²) in [4.78, 5) is 25.4. The quantitative estimate of drug-likeness (QED) is 0.566. The maximum atomic E-state index is 13.5. The van der Waals surface area contributed by atoms with E-state index in [4.69, 9.17) is 20.9 Å². The van der Waals surface area contributed by atoms with Crippen molar-refractivity contribution in [3.8, 4) is 5.75 Å². The van der Waals surface area contributed by atoms with Crippen LogP contribution in [0.5, 0.6) is 5.75 Å². The summed E-state index contributed by atoms with van der Waals surface area (Å²) in [5.41, 5.74) is 0.554. The molecule has 2 aromatic rings. The molecule has 4 fully saturated rings. The normalized spacial score (nSPS) is 27.8. The number of hydrogen-bond acceptors (Lipinski definition) is 6. The number of piperidine rings is 1. The van der Waals surface area contributed by atoms with Crippen molar-refractivity contribution in [3.63, 3.8) is 0 Å². The van der Waals surface area contributed by atoms with Crippen LogP contribution in [0.1, 0.15) is 66.4 Å². The number of halogens is 2. The van der Waals surface area contributed by atoms with E-state index in [1.165, 1.54) is 12.1 Å². The zero-order chi connectivity index (χ0) is 23.2. The van der Waals surface area contributed by atoms with Crippen LogP contribution in [0.4, 0.5) is 4.39 Å². The van der Waals surface area contributed by atoms with E-state index < -0.39 is 5.82 Å². The Morgan fingerprint density at radius 2 is 2.03 bits per heavy atom. The van der Waals surface area contributed by atoms with Gasteiger partial charge in [-0.05, 0) is 57.7 Å². The molecule has 33 heavy (non-hydrogen) atoms. The Balaban J connectivity index is 1.13. The first-order valence-corrected chi connectivity index (χ1v) is 11.6. The molecule has 1 saturated heterocycles. The molecule has 1 unspecified atom stereocenters. The molecule has 8 nitrogen and oxygen atoms in total. The van der Waals surface area contributed by atoms with Crippen LogP contribution in [-0.4, -0.2) is 41.2 Å². The number of rotatable bonds is 7. The van der Waals surface area contributed by atoms with Crippen molar-refractivity contribution in [2.75, 3.05) is 13.2 Å². The average Bonchev–Trinajstić information content (AvgIpc) is 3.14. The molecule has 6 rings (SSSR count). The van der Waals surface area contributed by atoms with Crippen LogP contribution < -0.4 is 20.7 Å². The lowest BCUT2D eigenvalue weighted by Crippen LogP contribution is -2.84. The third kappa shape index (κ3) is 4.19. The van der Waals surface area contributed by atoms with Gasteiger partial charge in [0.05, 0.1) is 11.1 Å². The highest BCUT2D eigenvalue weighted by atomic mass is 35.5. The monoisotopic (exact) mass is 476 g/mol. The van der Waals surface area contributed by atoms with Crippen LogP contribution in [0.2, 0.25) is 5.02 Å². The van der Waals surface area contributed by atoms with Crippen molar-refractivity contribution in [3.05, 3.63) is 46.1 Å². The third-order valence-corrected chi connectivity index (χ3v) is 7.14. The van der Waals surface area contributed by atoms with Gasteiger partial charge in [-0.1, -0.05) is 23.2 Å². The zero-order valence-electron chi connectivity index (χ0n) is 18.3. The fraction of sp³-hybridized carbons (Fsp3) is 0.522.